The Balaban J connectivity index is 1.28. The minimum Gasteiger partial charge on any atom is -0.460 e. The number of esters is 1. The number of benzene rings is 1. The number of carbonyl (C=O) groups is 1. The summed E-state index contributed by atoms with van der Waals surface area (Å²) in [6.07, 6.45) is -1.63. The van der Waals surface area contributed by atoms with Crippen LogP contribution in [-0.4, -0.2) is 59.8 Å². The lowest BCUT2D eigenvalue weighted by Gasteiger charge is -2.38. The highest BCUT2D eigenvalue weighted by Crippen LogP contribution is 2.50. The van der Waals surface area contributed by atoms with Gasteiger partial charge in [-0.05, 0) is 64.3 Å². The lowest BCUT2D eigenvalue weighted by atomic mass is 10.0. The van der Waals surface area contributed by atoms with Gasteiger partial charge in [-0.25, -0.2) is 0 Å². The molecule has 1 aromatic carbocycles. The number of rotatable bonds is 5. The van der Waals surface area contributed by atoms with Gasteiger partial charge in [0.05, 0.1) is 11.0 Å². The minimum atomic E-state index is -4.29. The highest BCUT2D eigenvalue weighted by Gasteiger charge is 2.52. The minimum absolute atomic E-state index is 0.0588. The lowest BCUT2D eigenvalue weighted by molar-refractivity contribution is -0.162. The maximum atomic E-state index is 13.0. The van der Waals surface area contributed by atoms with E-state index in [4.69, 9.17) is 4.74 Å². The molecule has 31 heavy (non-hydrogen) atoms. The number of ether oxygens (including phenoxy) is 1. The molecule has 1 saturated heterocycles. The summed E-state index contributed by atoms with van der Waals surface area (Å²) in [6.45, 7) is 10.2. The second-order valence-corrected chi connectivity index (χ2v) is 11.0. The Kier molecular flexibility index (Phi) is 6.11. The molecule has 1 saturated carbocycles. The number of halogens is 3. The number of alkyl halides is 3. The molecule has 0 radical (unpaired) electrons. The number of fused-ring (bicyclic) bond motifs is 1. The van der Waals surface area contributed by atoms with Crippen molar-refractivity contribution in [3.05, 3.63) is 29.3 Å². The van der Waals surface area contributed by atoms with Crippen LogP contribution in [0.25, 0.3) is 0 Å². The zero-order valence-electron chi connectivity index (χ0n) is 18.4. The summed E-state index contributed by atoms with van der Waals surface area (Å²) in [5.41, 5.74) is -0.285. The van der Waals surface area contributed by atoms with Crippen molar-refractivity contribution < 1.29 is 22.7 Å². The van der Waals surface area contributed by atoms with Gasteiger partial charge in [0.1, 0.15) is 5.60 Å². The number of piperazine rings is 1. The largest absolute Gasteiger partial charge is 0.460 e. The maximum absolute atomic E-state index is 13.0. The summed E-state index contributed by atoms with van der Waals surface area (Å²) in [4.78, 5) is 18.1. The Hall–Kier alpha value is -1.25. The molecule has 1 atom stereocenters. The molecule has 1 aliphatic carbocycles. The third-order valence-electron chi connectivity index (χ3n) is 6.54. The number of nitrogens with zero attached hydrogens (tertiary/aromatic N) is 2. The number of hydrogen-bond acceptors (Lipinski definition) is 5. The van der Waals surface area contributed by atoms with Crippen molar-refractivity contribution in [2.75, 3.05) is 38.5 Å². The van der Waals surface area contributed by atoms with Crippen LogP contribution in [0.1, 0.15) is 57.2 Å². The van der Waals surface area contributed by atoms with Crippen molar-refractivity contribution in [1.82, 2.24) is 9.80 Å². The molecule has 4 rings (SSSR count). The van der Waals surface area contributed by atoms with Gasteiger partial charge in [-0.2, -0.15) is 13.2 Å². The summed E-state index contributed by atoms with van der Waals surface area (Å²) in [5, 5.41) is 0. The van der Waals surface area contributed by atoms with Gasteiger partial charge in [0.15, 0.2) is 0 Å². The van der Waals surface area contributed by atoms with E-state index in [-0.39, 0.29) is 17.4 Å². The van der Waals surface area contributed by atoms with Gasteiger partial charge in [0.25, 0.3) is 0 Å². The topological polar surface area (TPSA) is 32.8 Å². The zero-order valence-corrected chi connectivity index (χ0v) is 19.2. The van der Waals surface area contributed by atoms with Crippen molar-refractivity contribution in [3.8, 4) is 0 Å². The third kappa shape index (κ3) is 5.22. The first-order valence-electron chi connectivity index (χ1n) is 11.0. The van der Waals surface area contributed by atoms with Crippen LogP contribution in [0.2, 0.25) is 0 Å². The molecule has 0 bridgehead atoms. The average molecular weight is 457 g/mol. The van der Waals surface area contributed by atoms with Crippen LogP contribution >= 0.6 is 11.8 Å². The Morgan fingerprint density at radius 3 is 2.42 bits per heavy atom. The van der Waals surface area contributed by atoms with Crippen LogP contribution < -0.4 is 0 Å². The van der Waals surface area contributed by atoms with Crippen LogP contribution in [0, 0.1) is 5.41 Å². The monoisotopic (exact) mass is 456 g/mol. The van der Waals surface area contributed by atoms with Crippen LogP contribution in [-0.2, 0) is 15.7 Å². The van der Waals surface area contributed by atoms with Crippen molar-refractivity contribution in [2.24, 2.45) is 5.41 Å². The van der Waals surface area contributed by atoms with Gasteiger partial charge in [0, 0.05) is 42.9 Å². The van der Waals surface area contributed by atoms with Crippen LogP contribution in [0.5, 0.6) is 0 Å². The van der Waals surface area contributed by atoms with E-state index in [0.717, 1.165) is 68.2 Å². The molecule has 2 fully saturated rings. The molecule has 172 valence electrons. The van der Waals surface area contributed by atoms with Gasteiger partial charge in [0.2, 0.25) is 0 Å². The maximum Gasteiger partial charge on any atom is 0.416 e. The quantitative estimate of drug-likeness (QED) is 0.584. The summed E-state index contributed by atoms with van der Waals surface area (Å²) < 4.78 is 44.6. The van der Waals surface area contributed by atoms with E-state index >= 15 is 0 Å². The third-order valence-corrected chi connectivity index (χ3v) is 7.68. The first-order valence-corrected chi connectivity index (χ1v) is 12.0. The van der Waals surface area contributed by atoms with Crippen molar-refractivity contribution in [1.29, 1.82) is 0 Å². The second-order valence-electron chi connectivity index (χ2n) is 9.99. The first kappa shape index (κ1) is 22.9. The molecule has 4 nitrogen and oxygen atoms in total. The fraction of sp³-hybridized carbons (Fsp3) is 0.696. The van der Waals surface area contributed by atoms with E-state index in [9.17, 15) is 18.0 Å². The highest BCUT2D eigenvalue weighted by molar-refractivity contribution is 7.99. The Morgan fingerprint density at radius 2 is 1.84 bits per heavy atom. The van der Waals surface area contributed by atoms with Gasteiger partial charge in [-0.15, -0.1) is 11.8 Å². The molecule has 1 unspecified atom stereocenters. The number of thioether (sulfide) groups is 1. The zero-order chi connectivity index (χ0) is 22.4. The van der Waals surface area contributed by atoms with Crippen LogP contribution in [0.15, 0.2) is 23.1 Å². The predicted octanol–water partition coefficient (Wildman–Crippen LogP) is 4.98. The number of hydrogen-bond donors (Lipinski definition) is 0. The van der Waals surface area contributed by atoms with Crippen molar-refractivity contribution >= 4 is 17.7 Å². The second kappa shape index (κ2) is 8.27. The summed E-state index contributed by atoms with van der Waals surface area (Å²) in [5.74, 6) is 0.745. The molecular weight excluding hydrogens is 425 g/mol. The van der Waals surface area contributed by atoms with Crippen molar-refractivity contribution in [2.45, 2.75) is 62.7 Å². The standard InChI is InChI=1S/C23H31F3N2O2S/c1-21(2,3)30-20(29)22(6-7-22)8-9-27-10-12-28(13-11-27)18-15-31-19-14-16(23(24,25)26)4-5-17(18)19/h4-5,14,18H,6-13,15H2,1-3H3. The molecule has 0 aromatic heterocycles. The highest BCUT2D eigenvalue weighted by atomic mass is 32.2. The van der Waals surface area contributed by atoms with E-state index in [0.29, 0.717) is 0 Å². The summed E-state index contributed by atoms with van der Waals surface area (Å²) in [6, 6.07) is 4.34. The van der Waals surface area contributed by atoms with E-state index in [1.807, 2.05) is 20.8 Å². The first-order chi connectivity index (χ1) is 14.5. The molecule has 0 amide bonds. The molecule has 0 N–H and O–H groups in total. The number of carbonyl (C=O) groups excluding carboxylic acids is 1. The van der Waals surface area contributed by atoms with E-state index in [1.165, 1.54) is 23.9 Å². The van der Waals surface area contributed by atoms with E-state index < -0.39 is 17.3 Å². The van der Waals surface area contributed by atoms with Gasteiger partial charge in [-0.1, -0.05) is 6.07 Å². The molecule has 2 heterocycles. The Bertz CT molecular complexity index is 825. The smallest absolute Gasteiger partial charge is 0.416 e. The molecule has 1 aromatic rings. The molecular formula is C23H31F3N2O2S. The van der Waals surface area contributed by atoms with E-state index in [2.05, 4.69) is 9.80 Å². The predicted molar refractivity (Wildman–Crippen MR) is 115 cm³/mol. The van der Waals surface area contributed by atoms with E-state index in [1.54, 1.807) is 6.07 Å². The normalized spacial score (nSPS) is 24.1. The Morgan fingerprint density at radius 1 is 1.16 bits per heavy atom. The molecule has 3 aliphatic rings. The summed E-state index contributed by atoms with van der Waals surface area (Å²) >= 11 is 1.52. The lowest BCUT2D eigenvalue weighted by Crippen LogP contribution is -2.48. The SMILES string of the molecule is CC(C)(C)OC(=O)C1(CCN2CCN(C3CSc4cc(C(F)(F)F)ccc43)CC2)CC1. The molecule has 0 spiro atoms. The Labute approximate surface area is 186 Å². The fourth-order valence-corrected chi connectivity index (χ4v) is 5.74. The van der Waals surface area contributed by atoms with Crippen molar-refractivity contribution in [3.63, 3.8) is 0 Å². The molecule has 2 aliphatic heterocycles. The fourth-order valence-electron chi connectivity index (χ4n) is 4.44. The van der Waals surface area contributed by atoms with Crippen LogP contribution in [0.4, 0.5) is 13.2 Å². The average Bonchev–Trinajstić information content (AvgIpc) is 3.36. The van der Waals surface area contributed by atoms with Gasteiger partial charge >= 0.3 is 12.1 Å². The van der Waals surface area contributed by atoms with Crippen LogP contribution in [0.3, 0.4) is 0 Å². The molecule has 8 heteroatoms. The van der Waals surface area contributed by atoms with Gasteiger partial charge < -0.3 is 9.64 Å². The summed E-state index contributed by atoms with van der Waals surface area (Å²) in [7, 11) is 0. The van der Waals surface area contributed by atoms with Gasteiger partial charge in [-0.3, -0.25) is 9.69 Å².